The Bertz CT molecular complexity index is 395. The van der Waals surface area contributed by atoms with Crippen LogP contribution in [0.1, 0.15) is 5.69 Å². The number of hydrogen-bond donors (Lipinski definition) is 1. The summed E-state index contributed by atoms with van der Waals surface area (Å²) in [5, 5.41) is 7.28. The van der Waals surface area contributed by atoms with Gasteiger partial charge < -0.3 is 5.32 Å². The summed E-state index contributed by atoms with van der Waals surface area (Å²) >= 11 is 0. The molecule has 2 aromatic rings. The predicted octanol–water partition coefficient (Wildman–Crippen LogP) is 0.822. The molecule has 2 aromatic heterocycles. The zero-order valence-electron chi connectivity index (χ0n) is 7.88. The van der Waals surface area contributed by atoms with E-state index in [1.807, 2.05) is 17.8 Å². The van der Waals surface area contributed by atoms with E-state index < -0.39 is 0 Å². The van der Waals surface area contributed by atoms with Crippen LogP contribution in [0.15, 0.2) is 31.0 Å². The van der Waals surface area contributed by atoms with Crippen molar-refractivity contribution in [1.82, 2.24) is 19.7 Å². The Hall–Kier alpha value is -1.91. The van der Waals surface area contributed by atoms with E-state index in [1.54, 1.807) is 18.6 Å². The SMILES string of the molecule is Cn1nccc1CNc1cncnc1. The third-order valence-electron chi connectivity index (χ3n) is 1.96. The highest BCUT2D eigenvalue weighted by molar-refractivity contribution is 5.37. The molecule has 0 unspecified atom stereocenters. The Labute approximate surface area is 81.8 Å². The molecule has 0 aliphatic rings. The number of hydrogen-bond acceptors (Lipinski definition) is 4. The average molecular weight is 189 g/mol. The maximum absolute atomic E-state index is 4.07. The fraction of sp³-hybridized carbons (Fsp3) is 0.222. The maximum atomic E-state index is 4.07. The van der Waals surface area contributed by atoms with Crippen molar-refractivity contribution in [3.63, 3.8) is 0 Å². The van der Waals surface area contributed by atoms with Gasteiger partial charge in [-0.15, -0.1) is 0 Å². The minimum absolute atomic E-state index is 0.726. The molecule has 72 valence electrons. The van der Waals surface area contributed by atoms with Crippen LogP contribution in [-0.4, -0.2) is 19.7 Å². The molecule has 0 fully saturated rings. The van der Waals surface area contributed by atoms with E-state index in [-0.39, 0.29) is 0 Å². The molecular weight excluding hydrogens is 178 g/mol. The Balaban J connectivity index is 1.99. The Morgan fingerprint density at radius 2 is 2.14 bits per heavy atom. The molecule has 2 heterocycles. The van der Waals surface area contributed by atoms with Gasteiger partial charge in [0, 0.05) is 13.2 Å². The molecule has 0 atom stereocenters. The Morgan fingerprint density at radius 1 is 1.36 bits per heavy atom. The van der Waals surface area contributed by atoms with Gasteiger partial charge in [0.05, 0.1) is 30.3 Å². The monoisotopic (exact) mass is 189 g/mol. The van der Waals surface area contributed by atoms with Gasteiger partial charge in [-0.25, -0.2) is 9.97 Å². The summed E-state index contributed by atoms with van der Waals surface area (Å²) < 4.78 is 1.83. The van der Waals surface area contributed by atoms with Gasteiger partial charge in [0.1, 0.15) is 6.33 Å². The smallest absolute Gasteiger partial charge is 0.115 e. The van der Waals surface area contributed by atoms with E-state index in [2.05, 4.69) is 20.4 Å². The van der Waals surface area contributed by atoms with Crippen LogP contribution in [0.5, 0.6) is 0 Å². The van der Waals surface area contributed by atoms with Crippen LogP contribution in [0.4, 0.5) is 5.69 Å². The first-order chi connectivity index (χ1) is 6.86. The summed E-state index contributed by atoms with van der Waals surface area (Å²) in [5.41, 5.74) is 2.03. The number of nitrogens with one attached hydrogen (secondary N) is 1. The van der Waals surface area contributed by atoms with Gasteiger partial charge in [0.15, 0.2) is 0 Å². The van der Waals surface area contributed by atoms with E-state index in [9.17, 15) is 0 Å². The Kier molecular flexibility index (Phi) is 2.40. The van der Waals surface area contributed by atoms with Gasteiger partial charge in [-0.1, -0.05) is 0 Å². The molecule has 5 nitrogen and oxygen atoms in total. The zero-order chi connectivity index (χ0) is 9.80. The fourth-order valence-electron chi connectivity index (χ4n) is 1.16. The first-order valence-electron chi connectivity index (χ1n) is 4.32. The van der Waals surface area contributed by atoms with Crippen molar-refractivity contribution in [3.8, 4) is 0 Å². The Morgan fingerprint density at radius 3 is 2.79 bits per heavy atom. The highest BCUT2D eigenvalue weighted by Crippen LogP contribution is 2.04. The number of aryl methyl sites for hydroxylation is 1. The van der Waals surface area contributed by atoms with Gasteiger partial charge in [0.2, 0.25) is 0 Å². The van der Waals surface area contributed by atoms with Crippen molar-refractivity contribution in [3.05, 3.63) is 36.7 Å². The molecule has 1 N–H and O–H groups in total. The van der Waals surface area contributed by atoms with Gasteiger partial charge in [-0.3, -0.25) is 4.68 Å². The van der Waals surface area contributed by atoms with Crippen LogP contribution in [0.3, 0.4) is 0 Å². The molecule has 14 heavy (non-hydrogen) atoms. The van der Waals surface area contributed by atoms with Crippen LogP contribution in [0.25, 0.3) is 0 Å². The predicted molar refractivity (Wildman–Crippen MR) is 52.6 cm³/mol. The first kappa shape index (κ1) is 8.68. The van der Waals surface area contributed by atoms with Crippen LogP contribution >= 0.6 is 0 Å². The lowest BCUT2D eigenvalue weighted by molar-refractivity contribution is 0.720. The van der Waals surface area contributed by atoms with Crippen molar-refractivity contribution in [2.45, 2.75) is 6.54 Å². The quantitative estimate of drug-likeness (QED) is 0.776. The zero-order valence-corrected chi connectivity index (χ0v) is 7.88. The highest BCUT2D eigenvalue weighted by atomic mass is 15.3. The molecule has 0 aliphatic heterocycles. The van der Waals surface area contributed by atoms with Gasteiger partial charge in [-0.2, -0.15) is 5.10 Å². The lowest BCUT2D eigenvalue weighted by atomic mass is 10.4. The average Bonchev–Trinajstić information content (AvgIpc) is 2.63. The van der Waals surface area contributed by atoms with Gasteiger partial charge >= 0.3 is 0 Å². The fourth-order valence-corrected chi connectivity index (χ4v) is 1.16. The molecule has 0 aromatic carbocycles. The second-order valence-electron chi connectivity index (χ2n) is 2.93. The molecule has 0 saturated carbocycles. The third-order valence-corrected chi connectivity index (χ3v) is 1.96. The topological polar surface area (TPSA) is 55.6 Å². The maximum Gasteiger partial charge on any atom is 0.115 e. The van der Waals surface area contributed by atoms with Crippen molar-refractivity contribution in [2.24, 2.45) is 7.05 Å². The molecule has 0 spiro atoms. The van der Waals surface area contributed by atoms with E-state index in [4.69, 9.17) is 0 Å². The normalized spacial score (nSPS) is 10.1. The number of aromatic nitrogens is 4. The molecule has 0 radical (unpaired) electrons. The van der Waals surface area contributed by atoms with Crippen LogP contribution in [-0.2, 0) is 13.6 Å². The van der Waals surface area contributed by atoms with Gasteiger partial charge in [-0.05, 0) is 6.07 Å². The number of nitrogens with zero attached hydrogens (tertiary/aromatic N) is 4. The van der Waals surface area contributed by atoms with Crippen molar-refractivity contribution < 1.29 is 0 Å². The molecule has 2 rings (SSSR count). The van der Waals surface area contributed by atoms with Crippen LogP contribution < -0.4 is 5.32 Å². The molecule has 0 amide bonds. The summed E-state index contributed by atoms with van der Waals surface area (Å²) in [7, 11) is 1.92. The lowest BCUT2D eigenvalue weighted by Crippen LogP contribution is -2.05. The van der Waals surface area contributed by atoms with E-state index in [1.165, 1.54) is 6.33 Å². The van der Waals surface area contributed by atoms with Gasteiger partial charge in [0.25, 0.3) is 0 Å². The third kappa shape index (κ3) is 1.87. The molecule has 0 saturated heterocycles. The second kappa shape index (κ2) is 3.87. The van der Waals surface area contributed by atoms with E-state index >= 15 is 0 Å². The van der Waals surface area contributed by atoms with E-state index in [0.717, 1.165) is 17.9 Å². The minimum atomic E-state index is 0.726. The molecule has 5 heteroatoms. The number of anilines is 1. The highest BCUT2D eigenvalue weighted by Gasteiger charge is 1.97. The van der Waals surface area contributed by atoms with Crippen molar-refractivity contribution in [2.75, 3.05) is 5.32 Å². The number of rotatable bonds is 3. The summed E-state index contributed by atoms with van der Waals surface area (Å²) in [4.78, 5) is 7.82. The summed E-state index contributed by atoms with van der Waals surface area (Å²) in [6.45, 7) is 0.726. The first-order valence-corrected chi connectivity index (χ1v) is 4.32. The van der Waals surface area contributed by atoms with Crippen LogP contribution in [0, 0.1) is 0 Å². The largest absolute Gasteiger partial charge is 0.377 e. The van der Waals surface area contributed by atoms with Crippen LogP contribution in [0.2, 0.25) is 0 Å². The standard InChI is InChI=1S/C9H11N5/c1-14-9(2-3-13-14)6-12-8-4-10-7-11-5-8/h2-5,7,12H,6H2,1H3. The summed E-state index contributed by atoms with van der Waals surface area (Å²) in [6, 6.07) is 1.97. The van der Waals surface area contributed by atoms with E-state index in [0.29, 0.717) is 0 Å². The lowest BCUT2D eigenvalue weighted by Gasteiger charge is -2.04. The van der Waals surface area contributed by atoms with Crippen molar-refractivity contribution in [1.29, 1.82) is 0 Å². The second-order valence-corrected chi connectivity index (χ2v) is 2.93. The molecule has 0 aliphatic carbocycles. The molecule has 0 bridgehead atoms. The minimum Gasteiger partial charge on any atom is -0.377 e. The van der Waals surface area contributed by atoms with Crippen molar-refractivity contribution >= 4 is 5.69 Å². The summed E-state index contributed by atoms with van der Waals surface area (Å²) in [5.74, 6) is 0. The molecular formula is C9H11N5. The summed E-state index contributed by atoms with van der Waals surface area (Å²) in [6.07, 6.45) is 6.76.